The van der Waals surface area contributed by atoms with E-state index >= 15 is 0 Å². The van der Waals surface area contributed by atoms with Gasteiger partial charge in [-0.3, -0.25) is 4.79 Å². The van der Waals surface area contributed by atoms with Gasteiger partial charge in [0.1, 0.15) is 0 Å². The summed E-state index contributed by atoms with van der Waals surface area (Å²) in [6, 6.07) is 12.8. The summed E-state index contributed by atoms with van der Waals surface area (Å²) in [6.07, 6.45) is 0. The largest absolute Gasteiger partial charge is 0.493 e. The summed E-state index contributed by atoms with van der Waals surface area (Å²) in [5.74, 6) is 0.855. The van der Waals surface area contributed by atoms with E-state index in [1.807, 2.05) is 31.2 Å². The van der Waals surface area contributed by atoms with Gasteiger partial charge in [-0.25, -0.2) is 0 Å². The zero-order valence-corrected chi connectivity index (χ0v) is 14.3. The van der Waals surface area contributed by atoms with Gasteiger partial charge in [0, 0.05) is 18.1 Å². The lowest BCUT2D eigenvalue weighted by atomic mass is 10.1. The Kier molecular flexibility index (Phi) is 5.88. The van der Waals surface area contributed by atoms with Crippen molar-refractivity contribution in [3.8, 4) is 11.5 Å². The van der Waals surface area contributed by atoms with Gasteiger partial charge in [-0.1, -0.05) is 35.9 Å². The highest BCUT2D eigenvalue weighted by atomic mass is 35.5. The molecule has 0 aromatic heterocycles. The number of ether oxygens (including phenoxy) is 2. The molecular formula is C18H20ClNO3. The highest BCUT2D eigenvalue weighted by Gasteiger charge is 2.21. The normalized spacial score (nSPS) is 10.3. The molecule has 0 N–H and O–H groups in total. The second kappa shape index (κ2) is 7.88. The van der Waals surface area contributed by atoms with E-state index in [2.05, 4.69) is 0 Å². The Balaban J connectivity index is 2.32. The van der Waals surface area contributed by atoms with Crippen LogP contribution in [0.1, 0.15) is 22.8 Å². The Morgan fingerprint density at radius 1 is 1.09 bits per heavy atom. The summed E-state index contributed by atoms with van der Waals surface area (Å²) in [4.78, 5) is 14.6. The Labute approximate surface area is 141 Å². The van der Waals surface area contributed by atoms with Gasteiger partial charge in [0.25, 0.3) is 5.91 Å². The molecule has 0 radical (unpaired) electrons. The molecule has 2 aromatic rings. The molecular weight excluding hydrogens is 314 g/mol. The molecule has 0 spiro atoms. The van der Waals surface area contributed by atoms with Crippen LogP contribution >= 0.6 is 11.6 Å². The zero-order chi connectivity index (χ0) is 16.8. The summed E-state index contributed by atoms with van der Waals surface area (Å²) < 4.78 is 10.6. The van der Waals surface area contributed by atoms with Crippen LogP contribution in [0.3, 0.4) is 0 Å². The van der Waals surface area contributed by atoms with Crippen molar-refractivity contribution in [1.29, 1.82) is 0 Å². The number of halogens is 1. The smallest absolute Gasteiger partial charge is 0.258 e. The predicted molar refractivity (Wildman–Crippen MR) is 91.4 cm³/mol. The molecule has 0 aliphatic heterocycles. The highest BCUT2D eigenvalue weighted by Crippen LogP contribution is 2.32. The van der Waals surface area contributed by atoms with Crippen LogP contribution in [0, 0.1) is 0 Å². The van der Waals surface area contributed by atoms with Crippen molar-refractivity contribution in [2.75, 3.05) is 20.8 Å². The minimum atomic E-state index is -0.122. The average Bonchev–Trinajstić information content (AvgIpc) is 2.59. The second-order valence-corrected chi connectivity index (χ2v) is 5.36. The summed E-state index contributed by atoms with van der Waals surface area (Å²) in [6.45, 7) is 2.93. The van der Waals surface area contributed by atoms with Crippen LogP contribution in [0.25, 0.3) is 0 Å². The van der Waals surface area contributed by atoms with E-state index in [1.165, 1.54) is 7.11 Å². The van der Waals surface area contributed by atoms with E-state index < -0.39 is 0 Å². The van der Waals surface area contributed by atoms with Crippen molar-refractivity contribution in [3.05, 3.63) is 58.6 Å². The number of amides is 1. The number of carbonyl (C=O) groups is 1. The van der Waals surface area contributed by atoms with Gasteiger partial charge in [-0.05, 0) is 30.7 Å². The van der Waals surface area contributed by atoms with Crippen molar-refractivity contribution < 1.29 is 14.3 Å². The molecule has 2 rings (SSSR count). The van der Waals surface area contributed by atoms with Gasteiger partial charge in [-0.15, -0.1) is 0 Å². The molecule has 1 amide bonds. The Morgan fingerprint density at radius 3 is 2.43 bits per heavy atom. The van der Waals surface area contributed by atoms with E-state index in [0.29, 0.717) is 35.2 Å². The van der Waals surface area contributed by atoms with E-state index in [9.17, 15) is 4.79 Å². The summed E-state index contributed by atoms with van der Waals surface area (Å²) in [7, 11) is 3.08. The summed E-state index contributed by atoms with van der Waals surface area (Å²) >= 11 is 6.20. The molecule has 4 nitrogen and oxygen atoms in total. The van der Waals surface area contributed by atoms with Crippen molar-refractivity contribution in [3.63, 3.8) is 0 Å². The number of rotatable bonds is 6. The molecule has 0 saturated heterocycles. The zero-order valence-electron chi connectivity index (χ0n) is 13.5. The first-order valence-electron chi connectivity index (χ1n) is 7.36. The molecule has 0 fully saturated rings. The van der Waals surface area contributed by atoms with E-state index in [1.54, 1.807) is 30.2 Å². The van der Waals surface area contributed by atoms with Crippen LogP contribution in [0.15, 0.2) is 42.5 Å². The van der Waals surface area contributed by atoms with Gasteiger partial charge in [0.05, 0.1) is 19.8 Å². The Hall–Kier alpha value is -2.20. The van der Waals surface area contributed by atoms with Crippen LogP contribution in [0.5, 0.6) is 11.5 Å². The van der Waals surface area contributed by atoms with Crippen LogP contribution in [0.2, 0.25) is 5.02 Å². The Morgan fingerprint density at radius 2 is 1.83 bits per heavy atom. The summed E-state index contributed by atoms with van der Waals surface area (Å²) in [5.41, 5.74) is 1.38. The van der Waals surface area contributed by atoms with Gasteiger partial charge in [0.2, 0.25) is 0 Å². The molecule has 0 heterocycles. The third-order valence-electron chi connectivity index (χ3n) is 3.62. The van der Waals surface area contributed by atoms with Gasteiger partial charge in [-0.2, -0.15) is 0 Å². The van der Waals surface area contributed by atoms with Crippen molar-refractivity contribution >= 4 is 17.5 Å². The lowest BCUT2D eigenvalue weighted by molar-refractivity contribution is 0.0748. The SMILES string of the molecule is CCN(Cc1ccccc1Cl)C(=O)c1cccc(OC)c1OC. The number of para-hydroxylation sites is 1. The lowest BCUT2D eigenvalue weighted by Gasteiger charge is -2.23. The van der Waals surface area contributed by atoms with Crippen molar-refractivity contribution in [2.45, 2.75) is 13.5 Å². The number of nitrogens with zero attached hydrogens (tertiary/aromatic N) is 1. The fraction of sp³-hybridized carbons (Fsp3) is 0.278. The van der Waals surface area contributed by atoms with Crippen LogP contribution in [0.4, 0.5) is 0 Å². The van der Waals surface area contributed by atoms with Crippen molar-refractivity contribution in [1.82, 2.24) is 4.90 Å². The minimum Gasteiger partial charge on any atom is -0.493 e. The maximum Gasteiger partial charge on any atom is 0.258 e. The number of methoxy groups -OCH3 is 2. The fourth-order valence-corrected chi connectivity index (χ4v) is 2.58. The Bertz CT molecular complexity index is 688. The maximum absolute atomic E-state index is 12.9. The maximum atomic E-state index is 12.9. The van der Waals surface area contributed by atoms with Gasteiger partial charge >= 0.3 is 0 Å². The van der Waals surface area contributed by atoms with E-state index in [-0.39, 0.29) is 5.91 Å². The average molecular weight is 334 g/mol. The van der Waals surface area contributed by atoms with Crippen LogP contribution in [-0.4, -0.2) is 31.6 Å². The molecule has 0 unspecified atom stereocenters. The van der Waals surface area contributed by atoms with Crippen LogP contribution in [-0.2, 0) is 6.54 Å². The van der Waals surface area contributed by atoms with Gasteiger partial charge < -0.3 is 14.4 Å². The van der Waals surface area contributed by atoms with E-state index in [0.717, 1.165) is 5.56 Å². The quantitative estimate of drug-likeness (QED) is 0.801. The third-order valence-corrected chi connectivity index (χ3v) is 3.99. The number of hydrogen-bond donors (Lipinski definition) is 0. The monoisotopic (exact) mass is 333 g/mol. The molecule has 0 aliphatic rings. The van der Waals surface area contributed by atoms with Gasteiger partial charge in [0.15, 0.2) is 11.5 Å². The number of benzene rings is 2. The third kappa shape index (κ3) is 3.77. The molecule has 2 aromatic carbocycles. The molecule has 0 aliphatic carbocycles. The highest BCUT2D eigenvalue weighted by molar-refractivity contribution is 6.31. The molecule has 23 heavy (non-hydrogen) atoms. The van der Waals surface area contributed by atoms with Crippen molar-refractivity contribution in [2.24, 2.45) is 0 Å². The minimum absolute atomic E-state index is 0.122. The first-order valence-corrected chi connectivity index (χ1v) is 7.73. The van der Waals surface area contributed by atoms with E-state index in [4.69, 9.17) is 21.1 Å². The second-order valence-electron chi connectivity index (χ2n) is 4.95. The molecule has 0 saturated carbocycles. The lowest BCUT2D eigenvalue weighted by Crippen LogP contribution is -2.30. The molecule has 0 atom stereocenters. The molecule has 122 valence electrons. The molecule has 5 heteroatoms. The summed E-state index contributed by atoms with van der Waals surface area (Å²) in [5, 5.41) is 0.649. The number of carbonyl (C=O) groups excluding carboxylic acids is 1. The first-order chi connectivity index (χ1) is 11.1. The number of hydrogen-bond acceptors (Lipinski definition) is 3. The molecule has 0 bridgehead atoms. The fourth-order valence-electron chi connectivity index (χ4n) is 2.39. The standard InChI is InChI=1S/C18H20ClNO3/c1-4-20(12-13-8-5-6-10-15(13)19)18(21)14-9-7-11-16(22-2)17(14)23-3/h5-11H,4,12H2,1-3H3. The van der Waals surface area contributed by atoms with Crippen LogP contribution < -0.4 is 9.47 Å². The first kappa shape index (κ1) is 17.2. The topological polar surface area (TPSA) is 38.8 Å². The predicted octanol–water partition coefficient (Wildman–Crippen LogP) is 4.02.